The molecule has 3 rings (SSSR count). The third-order valence-electron chi connectivity index (χ3n) is 4.90. The van der Waals surface area contributed by atoms with E-state index in [2.05, 4.69) is 22.0 Å². The molecule has 0 saturated heterocycles. The summed E-state index contributed by atoms with van der Waals surface area (Å²) in [7, 11) is 1.95. The fraction of sp³-hybridized carbons (Fsp3) is 0.333. The van der Waals surface area contributed by atoms with Gasteiger partial charge in [-0.2, -0.15) is 0 Å². The van der Waals surface area contributed by atoms with Gasteiger partial charge in [0.2, 0.25) is 0 Å². The molecule has 0 aliphatic carbocycles. The van der Waals surface area contributed by atoms with Crippen LogP contribution in [-0.2, 0) is 11.8 Å². The molecule has 0 fully saturated rings. The maximum atomic E-state index is 13.0. The van der Waals surface area contributed by atoms with Crippen LogP contribution < -0.4 is 5.32 Å². The first kappa shape index (κ1) is 23.9. The van der Waals surface area contributed by atoms with Crippen molar-refractivity contribution in [3.05, 3.63) is 54.3 Å². The molecule has 8 nitrogen and oxygen atoms in total. The molecule has 0 atom stereocenters. The summed E-state index contributed by atoms with van der Waals surface area (Å²) in [6.07, 6.45) is 6.26. The predicted octanol–water partition coefficient (Wildman–Crippen LogP) is 5.19. The Kier molecular flexibility index (Phi) is 7.10. The summed E-state index contributed by atoms with van der Waals surface area (Å²) in [5.74, 6) is 1.00. The first-order chi connectivity index (χ1) is 15.6. The quantitative estimate of drug-likeness (QED) is 0.394. The van der Waals surface area contributed by atoms with Crippen LogP contribution in [0.15, 0.2) is 59.3 Å². The lowest BCUT2D eigenvalue weighted by molar-refractivity contribution is 0.0305. The normalized spacial score (nSPS) is 12.8. The summed E-state index contributed by atoms with van der Waals surface area (Å²) in [5, 5.41) is 5.15. The molecule has 0 unspecified atom stereocenters. The van der Waals surface area contributed by atoms with E-state index in [0.29, 0.717) is 17.3 Å². The van der Waals surface area contributed by atoms with E-state index in [1.807, 2.05) is 36.0 Å². The van der Waals surface area contributed by atoms with Crippen LogP contribution in [0.2, 0.25) is 0 Å². The van der Waals surface area contributed by atoms with Crippen LogP contribution in [0.25, 0.3) is 21.9 Å². The first-order valence-electron chi connectivity index (χ1n) is 10.5. The number of pyridine rings is 2. The van der Waals surface area contributed by atoms with E-state index < -0.39 is 18.4 Å². The number of amides is 1. The Morgan fingerprint density at radius 3 is 2.73 bits per heavy atom. The molecule has 0 bridgehead atoms. The van der Waals surface area contributed by atoms with Crippen LogP contribution >= 0.6 is 0 Å². The summed E-state index contributed by atoms with van der Waals surface area (Å²) in [6.45, 7) is 9.78. The van der Waals surface area contributed by atoms with Crippen molar-refractivity contribution >= 4 is 40.6 Å². The predicted molar refractivity (Wildman–Crippen MR) is 130 cm³/mol. The standard InChI is InChI=1S/C24H29FN6O2/c1-16(31(14-12-25)23(32)33-24(2,3)4)7-9-20(26-5)28-21-10-8-17-18-15-27-13-11-19(18)30(6)22(17)29-21/h7-11,13,15H,5,12,14H2,1-4,6H3,(H,28,29)/b16-7+,20-9+. The number of rotatable bonds is 7. The molecule has 0 aliphatic rings. The Labute approximate surface area is 192 Å². The molecule has 0 aliphatic heterocycles. The van der Waals surface area contributed by atoms with E-state index in [1.54, 1.807) is 46.0 Å². The summed E-state index contributed by atoms with van der Waals surface area (Å²) in [4.78, 5) is 26.6. The molecule has 3 heterocycles. The summed E-state index contributed by atoms with van der Waals surface area (Å²) < 4.78 is 20.4. The molecule has 174 valence electrons. The molecule has 9 heteroatoms. The molecule has 0 spiro atoms. The zero-order valence-electron chi connectivity index (χ0n) is 19.6. The van der Waals surface area contributed by atoms with Gasteiger partial charge in [0.25, 0.3) is 0 Å². The number of halogens is 1. The number of aliphatic imine (C=N–C) groups is 1. The SMILES string of the molecule is C=N/C(=C\C=C(/C)N(CCF)C(=O)OC(C)(C)C)Nc1ccc2c3cnccc3n(C)c2n1. The lowest BCUT2D eigenvalue weighted by Crippen LogP contribution is -2.36. The van der Waals surface area contributed by atoms with Crippen molar-refractivity contribution in [2.45, 2.75) is 33.3 Å². The van der Waals surface area contributed by atoms with Gasteiger partial charge in [-0.15, -0.1) is 0 Å². The molecule has 0 radical (unpaired) electrons. The number of carbonyl (C=O) groups excluding carboxylic acids is 1. The lowest BCUT2D eigenvalue weighted by Gasteiger charge is -2.27. The van der Waals surface area contributed by atoms with Gasteiger partial charge in [-0.05, 0) is 64.8 Å². The Morgan fingerprint density at radius 1 is 1.30 bits per heavy atom. The van der Waals surface area contributed by atoms with Gasteiger partial charge >= 0.3 is 6.09 Å². The van der Waals surface area contributed by atoms with Gasteiger partial charge < -0.3 is 14.6 Å². The minimum Gasteiger partial charge on any atom is -0.443 e. The topological polar surface area (TPSA) is 84.6 Å². The Morgan fingerprint density at radius 2 is 2.06 bits per heavy atom. The van der Waals surface area contributed by atoms with Gasteiger partial charge in [-0.25, -0.2) is 19.2 Å². The molecule has 0 saturated carbocycles. The summed E-state index contributed by atoms with van der Waals surface area (Å²) in [5.41, 5.74) is 1.67. The molecule has 3 aromatic rings. The van der Waals surface area contributed by atoms with E-state index in [4.69, 9.17) is 9.72 Å². The number of anilines is 1. The van der Waals surface area contributed by atoms with Crippen molar-refractivity contribution in [2.75, 3.05) is 18.5 Å². The van der Waals surface area contributed by atoms with E-state index in [1.165, 1.54) is 4.90 Å². The number of hydrogen-bond donors (Lipinski definition) is 1. The van der Waals surface area contributed by atoms with Gasteiger partial charge in [0.1, 0.15) is 29.6 Å². The number of ether oxygens (including phenoxy) is 1. The van der Waals surface area contributed by atoms with Crippen molar-refractivity contribution in [1.29, 1.82) is 0 Å². The van der Waals surface area contributed by atoms with Gasteiger partial charge in [0.05, 0.1) is 12.1 Å². The van der Waals surface area contributed by atoms with Gasteiger partial charge in [-0.3, -0.25) is 9.88 Å². The summed E-state index contributed by atoms with van der Waals surface area (Å²) in [6, 6.07) is 5.77. The van der Waals surface area contributed by atoms with E-state index in [-0.39, 0.29) is 6.54 Å². The smallest absolute Gasteiger partial charge is 0.414 e. The second kappa shape index (κ2) is 9.81. The average molecular weight is 453 g/mol. The average Bonchev–Trinajstić information content (AvgIpc) is 3.05. The van der Waals surface area contributed by atoms with E-state index in [0.717, 1.165) is 21.9 Å². The molecular formula is C24H29FN6O2. The van der Waals surface area contributed by atoms with Crippen LogP contribution in [-0.4, -0.2) is 51.1 Å². The third kappa shape index (κ3) is 5.54. The molecule has 1 amide bonds. The third-order valence-corrected chi connectivity index (χ3v) is 4.90. The molecule has 3 aromatic heterocycles. The minimum atomic E-state index is -0.691. The number of aromatic nitrogens is 3. The highest BCUT2D eigenvalue weighted by Gasteiger charge is 2.22. The van der Waals surface area contributed by atoms with Crippen molar-refractivity contribution in [2.24, 2.45) is 12.0 Å². The monoisotopic (exact) mass is 452 g/mol. The number of carbonyl (C=O) groups is 1. The van der Waals surface area contributed by atoms with Crippen LogP contribution in [0.3, 0.4) is 0 Å². The number of allylic oxidation sites excluding steroid dienone is 3. The number of aryl methyl sites for hydroxylation is 1. The van der Waals surface area contributed by atoms with Crippen LogP contribution in [0.4, 0.5) is 15.0 Å². The zero-order valence-corrected chi connectivity index (χ0v) is 19.6. The van der Waals surface area contributed by atoms with Crippen molar-refractivity contribution in [3.63, 3.8) is 0 Å². The largest absolute Gasteiger partial charge is 0.443 e. The fourth-order valence-corrected chi connectivity index (χ4v) is 3.35. The van der Waals surface area contributed by atoms with Crippen LogP contribution in [0.1, 0.15) is 27.7 Å². The Bertz CT molecular complexity index is 1240. The van der Waals surface area contributed by atoms with Gasteiger partial charge in [0.15, 0.2) is 0 Å². The number of alkyl halides is 1. The first-order valence-corrected chi connectivity index (χ1v) is 10.5. The number of hydrogen-bond acceptors (Lipinski definition) is 6. The maximum Gasteiger partial charge on any atom is 0.414 e. The maximum absolute atomic E-state index is 13.0. The van der Waals surface area contributed by atoms with Crippen LogP contribution in [0.5, 0.6) is 0 Å². The van der Waals surface area contributed by atoms with Gasteiger partial charge in [0, 0.05) is 35.9 Å². The van der Waals surface area contributed by atoms with E-state index in [9.17, 15) is 9.18 Å². The molecule has 33 heavy (non-hydrogen) atoms. The van der Waals surface area contributed by atoms with Crippen LogP contribution in [0, 0.1) is 0 Å². The Balaban J connectivity index is 1.85. The molecule has 1 N–H and O–H groups in total. The number of fused-ring (bicyclic) bond motifs is 3. The highest BCUT2D eigenvalue weighted by atomic mass is 19.1. The zero-order chi connectivity index (χ0) is 24.2. The molecular weight excluding hydrogens is 423 g/mol. The number of nitrogens with zero attached hydrogens (tertiary/aromatic N) is 5. The second-order valence-electron chi connectivity index (χ2n) is 8.48. The summed E-state index contributed by atoms with van der Waals surface area (Å²) >= 11 is 0. The van der Waals surface area contributed by atoms with Crippen molar-refractivity contribution in [3.8, 4) is 0 Å². The fourth-order valence-electron chi connectivity index (χ4n) is 3.35. The molecule has 0 aromatic carbocycles. The minimum absolute atomic E-state index is 0.108. The van der Waals surface area contributed by atoms with E-state index >= 15 is 0 Å². The second-order valence-corrected chi connectivity index (χ2v) is 8.48. The van der Waals surface area contributed by atoms with Crippen molar-refractivity contribution in [1.82, 2.24) is 19.4 Å². The highest BCUT2D eigenvalue weighted by molar-refractivity contribution is 6.06. The Hall–Kier alpha value is -3.75. The van der Waals surface area contributed by atoms with Gasteiger partial charge in [-0.1, -0.05) is 0 Å². The highest BCUT2D eigenvalue weighted by Crippen LogP contribution is 2.27. The lowest BCUT2D eigenvalue weighted by atomic mass is 10.2. The number of nitrogens with one attached hydrogen (secondary N) is 1. The van der Waals surface area contributed by atoms with Crippen molar-refractivity contribution < 1.29 is 13.9 Å².